The van der Waals surface area contributed by atoms with E-state index in [0.29, 0.717) is 5.13 Å². The average molecular weight is 305 g/mol. The molecule has 0 bridgehead atoms. The molecule has 0 aliphatic carbocycles. The molecule has 1 atom stereocenters. The van der Waals surface area contributed by atoms with Crippen molar-refractivity contribution in [2.24, 2.45) is 0 Å². The van der Waals surface area contributed by atoms with Gasteiger partial charge < -0.3 is 10.6 Å². The van der Waals surface area contributed by atoms with Crippen molar-refractivity contribution >= 4 is 22.4 Å². The third-order valence-electron chi connectivity index (χ3n) is 3.50. The SMILES string of the molecule is O=C(Nc1nc(-c2ccc(F)cc2)cs1)[C@@H]1CCCCN1. The molecule has 3 rings (SSSR count). The van der Waals surface area contributed by atoms with Gasteiger partial charge >= 0.3 is 0 Å². The Hall–Kier alpha value is -1.79. The Bertz CT molecular complexity index is 620. The predicted octanol–water partition coefficient (Wildman–Crippen LogP) is 3.03. The molecule has 21 heavy (non-hydrogen) atoms. The summed E-state index contributed by atoms with van der Waals surface area (Å²) in [6, 6.07) is 6.03. The lowest BCUT2D eigenvalue weighted by atomic mass is 10.0. The van der Waals surface area contributed by atoms with Crippen LogP contribution in [0.1, 0.15) is 19.3 Å². The van der Waals surface area contributed by atoms with Gasteiger partial charge in [0.05, 0.1) is 11.7 Å². The average Bonchev–Trinajstić information content (AvgIpc) is 2.97. The molecular weight excluding hydrogens is 289 g/mol. The van der Waals surface area contributed by atoms with Gasteiger partial charge in [-0.3, -0.25) is 4.79 Å². The van der Waals surface area contributed by atoms with Crippen LogP contribution in [0.2, 0.25) is 0 Å². The first-order valence-electron chi connectivity index (χ1n) is 6.98. The van der Waals surface area contributed by atoms with E-state index >= 15 is 0 Å². The van der Waals surface area contributed by atoms with Gasteiger partial charge in [0.25, 0.3) is 0 Å². The zero-order chi connectivity index (χ0) is 14.7. The first-order chi connectivity index (χ1) is 10.2. The number of carbonyl (C=O) groups excluding carboxylic acids is 1. The van der Waals surface area contributed by atoms with E-state index in [1.54, 1.807) is 12.1 Å². The summed E-state index contributed by atoms with van der Waals surface area (Å²) in [5, 5.41) is 8.49. The van der Waals surface area contributed by atoms with Crippen LogP contribution in [0.4, 0.5) is 9.52 Å². The topological polar surface area (TPSA) is 54.0 Å². The highest BCUT2D eigenvalue weighted by Crippen LogP contribution is 2.25. The maximum absolute atomic E-state index is 12.9. The number of halogens is 1. The van der Waals surface area contributed by atoms with Gasteiger partial charge in [-0.1, -0.05) is 6.42 Å². The van der Waals surface area contributed by atoms with Crippen LogP contribution in [0.15, 0.2) is 29.6 Å². The standard InChI is InChI=1S/C15H16FN3OS/c16-11-6-4-10(5-7-11)13-9-21-15(18-13)19-14(20)12-3-1-2-8-17-12/h4-7,9,12,17H,1-3,8H2,(H,18,19,20)/t12-/m0/s1. The summed E-state index contributed by atoms with van der Waals surface area (Å²) in [5.41, 5.74) is 1.58. The summed E-state index contributed by atoms with van der Waals surface area (Å²) in [6.45, 7) is 0.886. The van der Waals surface area contributed by atoms with Gasteiger partial charge in [-0.05, 0) is 43.7 Å². The van der Waals surface area contributed by atoms with Crippen LogP contribution in [0, 0.1) is 5.82 Å². The molecule has 110 valence electrons. The maximum atomic E-state index is 12.9. The van der Waals surface area contributed by atoms with Crippen molar-refractivity contribution in [1.82, 2.24) is 10.3 Å². The monoisotopic (exact) mass is 305 g/mol. The molecule has 6 heteroatoms. The molecule has 1 aliphatic heterocycles. The van der Waals surface area contributed by atoms with Crippen LogP contribution in [0.3, 0.4) is 0 Å². The summed E-state index contributed by atoms with van der Waals surface area (Å²) in [6.07, 6.45) is 3.06. The van der Waals surface area contributed by atoms with Crippen molar-refractivity contribution in [3.05, 3.63) is 35.5 Å². The molecule has 0 unspecified atom stereocenters. The van der Waals surface area contributed by atoms with E-state index in [0.717, 1.165) is 37.1 Å². The molecule has 1 saturated heterocycles. The van der Waals surface area contributed by atoms with Gasteiger partial charge in [0.2, 0.25) is 5.91 Å². The quantitative estimate of drug-likeness (QED) is 0.916. The smallest absolute Gasteiger partial charge is 0.243 e. The summed E-state index contributed by atoms with van der Waals surface area (Å²) >= 11 is 1.38. The molecule has 2 N–H and O–H groups in total. The van der Waals surface area contributed by atoms with Crippen molar-refractivity contribution in [1.29, 1.82) is 0 Å². The normalized spacial score (nSPS) is 18.4. The van der Waals surface area contributed by atoms with Crippen LogP contribution in [0.5, 0.6) is 0 Å². The Morgan fingerprint density at radius 1 is 1.33 bits per heavy atom. The number of nitrogens with one attached hydrogen (secondary N) is 2. The van der Waals surface area contributed by atoms with Gasteiger partial charge in [-0.15, -0.1) is 11.3 Å². The number of nitrogens with zero attached hydrogens (tertiary/aromatic N) is 1. The number of rotatable bonds is 3. The number of carbonyl (C=O) groups is 1. The molecule has 4 nitrogen and oxygen atoms in total. The highest BCUT2D eigenvalue weighted by atomic mass is 32.1. The highest BCUT2D eigenvalue weighted by Gasteiger charge is 2.21. The lowest BCUT2D eigenvalue weighted by Crippen LogP contribution is -2.43. The van der Waals surface area contributed by atoms with E-state index < -0.39 is 0 Å². The fraction of sp³-hybridized carbons (Fsp3) is 0.333. The van der Waals surface area contributed by atoms with Crippen LogP contribution in [0.25, 0.3) is 11.3 Å². The van der Waals surface area contributed by atoms with Crippen molar-refractivity contribution in [2.75, 3.05) is 11.9 Å². The number of piperidine rings is 1. The van der Waals surface area contributed by atoms with Crippen LogP contribution in [-0.4, -0.2) is 23.5 Å². The maximum Gasteiger partial charge on any atom is 0.243 e. The Morgan fingerprint density at radius 2 is 2.14 bits per heavy atom. The molecular formula is C15H16FN3OS. The molecule has 1 fully saturated rings. The van der Waals surface area contributed by atoms with Crippen molar-refractivity contribution < 1.29 is 9.18 Å². The summed E-state index contributed by atoms with van der Waals surface area (Å²) in [5.74, 6) is -0.305. The van der Waals surface area contributed by atoms with E-state index in [-0.39, 0.29) is 17.8 Å². The first-order valence-corrected chi connectivity index (χ1v) is 7.86. The van der Waals surface area contributed by atoms with Gasteiger partial charge in [-0.25, -0.2) is 9.37 Å². The molecule has 1 aliphatic rings. The van der Waals surface area contributed by atoms with E-state index in [2.05, 4.69) is 15.6 Å². The number of hydrogen-bond acceptors (Lipinski definition) is 4. The third kappa shape index (κ3) is 3.46. The molecule has 1 aromatic carbocycles. The number of hydrogen-bond donors (Lipinski definition) is 2. The molecule has 0 saturated carbocycles. The number of thiazole rings is 1. The summed E-state index contributed by atoms with van der Waals surface area (Å²) < 4.78 is 12.9. The van der Waals surface area contributed by atoms with Crippen molar-refractivity contribution in [3.8, 4) is 11.3 Å². The first kappa shape index (κ1) is 14.2. The molecule has 1 amide bonds. The lowest BCUT2D eigenvalue weighted by Gasteiger charge is -2.21. The fourth-order valence-corrected chi connectivity index (χ4v) is 3.08. The molecule has 1 aromatic heterocycles. The molecule has 0 radical (unpaired) electrons. The van der Waals surface area contributed by atoms with Crippen molar-refractivity contribution in [2.45, 2.75) is 25.3 Å². The van der Waals surface area contributed by atoms with Gasteiger partial charge in [0, 0.05) is 10.9 Å². The summed E-state index contributed by atoms with van der Waals surface area (Å²) in [4.78, 5) is 16.5. The second-order valence-corrected chi connectivity index (χ2v) is 5.89. The molecule has 2 aromatic rings. The van der Waals surface area contributed by atoms with Crippen molar-refractivity contribution in [3.63, 3.8) is 0 Å². The largest absolute Gasteiger partial charge is 0.306 e. The zero-order valence-electron chi connectivity index (χ0n) is 11.4. The predicted molar refractivity (Wildman–Crippen MR) is 81.8 cm³/mol. The number of anilines is 1. The lowest BCUT2D eigenvalue weighted by molar-refractivity contribution is -0.118. The Labute approximate surface area is 126 Å². The molecule has 0 spiro atoms. The Morgan fingerprint density at radius 3 is 2.86 bits per heavy atom. The van der Waals surface area contributed by atoms with E-state index in [4.69, 9.17) is 0 Å². The zero-order valence-corrected chi connectivity index (χ0v) is 12.3. The van der Waals surface area contributed by atoms with E-state index in [1.807, 2.05) is 5.38 Å². The minimum Gasteiger partial charge on any atom is -0.306 e. The summed E-state index contributed by atoms with van der Waals surface area (Å²) in [7, 11) is 0. The Balaban J connectivity index is 1.67. The van der Waals surface area contributed by atoms with E-state index in [1.165, 1.54) is 23.5 Å². The number of aromatic nitrogens is 1. The van der Waals surface area contributed by atoms with Crippen LogP contribution < -0.4 is 10.6 Å². The van der Waals surface area contributed by atoms with Crippen LogP contribution in [-0.2, 0) is 4.79 Å². The fourth-order valence-electron chi connectivity index (χ4n) is 2.35. The Kier molecular flexibility index (Phi) is 4.26. The number of amides is 1. The van der Waals surface area contributed by atoms with Gasteiger partial charge in [0.15, 0.2) is 5.13 Å². The minimum atomic E-state index is -0.272. The highest BCUT2D eigenvalue weighted by molar-refractivity contribution is 7.14. The van der Waals surface area contributed by atoms with Gasteiger partial charge in [0.1, 0.15) is 5.82 Å². The van der Waals surface area contributed by atoms with Gasteiger partial charge in [-0.2, -0.15) is 0 Å². The third-order valence-corrected chi connectivity index (χ3v) is 4.26. The minimum absolute atomic E-state index is 0.0327. The number of benzene rings is 1. The van der Waals surface area contributed by atoms with E-state index in [9.17, 15) is 9.18 Å². The second kappa shape index (κ2) is 6.32. The second-order valence-electron chi connectivity index (χ2n) is 5.04. The molecule has 2 heterocycles. The van der Waals surface area contributed by atoms with Crippen LogP contribution >= 0.6 is 11.3 Å².